The number of ether oxygens (including phenoxy) is 1. The Balaban J connectivity index is 2.60. The summed E-state index contributed by atoms with van der Waals surface area (Å²) in [6.07, 6.45) is 2.48. The lowest BCUT2D eigenvalue weighted by Gasteiger charge is -2.31. The van der Waals surface area contributed by atoms with E-state index in [1.807, 2.05) is 10.6 Å². The van der Waals surface area contributed by atoms with E-state index in [0.717, 1.165) is 13.1 Å². The number of aliphatic imine (C=N–C) groups is 1. The summed E-state index contributed by atoms with van der Waals surface area (Å²) in [5, 5.41) is 9.19. The van der Waals surface area contributed by atoms with Gasteiger partial charge in [-0.2, -0.15) is 0 Å². The molecule has 0 spiro atoms. The Bertz CT molecular complexity index is 272. The minimum absolute atomic E-state index is 0.412. The van der Waals surface area contributed by atoms with Gasteiger partial charge in [-0.25, -0.2) is 13.4 Å². The van der Waals surface area contributed by atoms with Crippen molar-refractivity contribution in [3.63, 3.8) is 0 Å². The molecule has 1 heterocycles. The molecule has 1 rings (SSSR count). The number of amides is 1. The van der Waals surface area contributed by atoms with E-state index in [-0.39, 0.29) is 0 Å². The Kier molecular flexibility index (Phi) is 6.71. The van der Waals surface area contributed by atoms with E-state index >= 15 is 0 Å². The molecule has 1 N–H and O–H groups in total. The fraction of sp³-hybridized carbons (Fsp3) is 0.778. The average molecular weight is 279 g/mol. The summed E-state index contributed by atoms with van der Waals surface area (Å²) in [5.74, 6) is 0. The van der Waals surface area contributed by atoms with Crippen molar-refractivity contribution in [3.8, 4) is 0 Å². The largest absolute Gasteiger partial charge is 0.464 e. The van der Waals surface area contributed by atoms with Crippen molar-refractivity contribution in [2.24, 2.45) is 4.99 Å². The lowest BCUT2D eigenvalue weighted by Crippen LogP contribution is -2.39. The molecule has 1 saturated heterocycles. The van der Waals surface area contributed by atoms with Gasteiger partial charge in [0.05, 0.1) is 13.2 Å². The van der Waals surface area contributed by atoms with Crippen molar-refractivity contribution in [3.05, 3.63) is 0 Å². The Labute approximate surface area is 110 Å². The third-order valence-corrected chi connectivity index (χ3v) is 4.07. The second-order valence-electron chi connectivity index (χ2n) is 3.20. The summed E-state index contributed by atoms with van der Waals surface area (Å²) in [7, 11) is 0. The van der Waals surface area contributed by atoms with Crippen molar-refractivity contribution < 1.29 is 14.6 Å². The molecule has 1 aliphatic rings. The van der Waals surface area contributed by atoms with Crippen molar-refractivity contribution >= 4 is 36.2 Å². The van der Waals surface area contributed by atoms with Crippen LogP contribution in [-0.4, -0.2) is 64.1 Å². The van der Waals surface area contributed by atoms with E-state index in [2.05, 4.69) is 4.99 Å². The van der Waals surface area contributed by atoms with Gasteiger partial charge >= 0.3 is 6.09 Å². The second-order valence-corrected chi connectivity index (χ2v) is 5.17. The van der Waals surface area contributed by atoms with Crippen LogP contribution in [0, 0.1) is 0 Å². The van der Waals surface area contributed by atoms with Crippen LogP contribution in [0.4, 0.5) is 4.79 Å². The van der Waals surface area contributed by atoms with Gasteiger partial charge in [0.15, 0.2) is 5.50 Å². The topological polar surface area (TPSA) is 65.4 Å². The van der Waals surface area contributed by atoms with E-state index in [1.165, 1.54) is 28.2 Å². The fourth-order valence-electron chi connectivity index (χ4n) is 1.27. The van der Waals surface area contributed by atoms with Crippen LogP contribution in [-0.2, 0) is 4.74 Å². The lowest BCUT2D eigenvalue weighted by atomic mass is 10.5. The molecular formula is C9H17N3O3S2. The highest BCUT2D eigenvalue weighted by atomic mass is 32.2. The predicted octanol–water partition coefficient (Wildman–Crippen LogP) is 1.60. The SMILES string of the molecule is CC=NC(SC)N(SN1CCOCC1)C(=O)O. The standard InChI is InChI=1S/C9H17N3O3S2/c1-3-10-8(16-2)12(9(13)14)17-11-4-6-15-7-5-11/h3,8H,4-7H2,1-2H3,(H,13,14). The zero-order chi connectivity index (χ0) is 12.7. The minimum atomic E-state index is -0.980. The van der Waals surface area contributed by atoms with Crippen LogP contribution >= 0.6 is 23.9 Å². The molecule has 0 aliphatic carbocycles. The summed E-state index contributed by atoms with van der Waals surface area (Å²) < 4.78 is 8.46. The van der Waals surface area contributed by atoms with Gasteiger partial charge in [0.2, 0.25) is 0 Å². The molecule has 0 saturated carbocycles. The quantitative estimate of drug-likeness (QED) is 0.468. The monoisotopic (exact) mass is 279 g/mol. The van der Waals surface area contributed by atoms with Gasteiger partial charge in [-0.15, -0.1) is 11.8 Å². The molecule has 8 heteroatoms. The van der Waals surface area contributed by atoms with E-state index in [1.54, 1.807) is 13.1 Å². The predicted molar refractivity (Wildman–Crippen MR) is 71.3 cm³/mol. The maximum atomic E-state index is 11.2. The second kappa shape index (κ2) is 7.80. The molecule has 1 aliphatic heterocycles. The molecule has 17 heavy (non-hydrogen) atoms. The molecule has 0 radical (unpaired) electrons. The first-order valence-electron chi connectivity index (χ1n) is 5.22. The molecule has 98 valence electrons. The summed E-state index contributed by atoms with van der Waals surface area (Å²) in [6, 6.07) is 0. The molecule has 0 bridgehead atoms. The van der Waals surface area contributed by atoms with Crippen LogP contribution < -0.4 is 0 Å². The minimum Gasteiger partial charge on any atom is -0.464 e. The van der Waals surface area contributed by atoms with Gasteiger partial charge in [-0.05, 0) is 19.4 Å². The summed E-state index contributed by atoms with van der Waals surface area (Å²) in [5.41, 5.74) is -0.412. The van der Waals surface area contributed by atoms with Crippen LogP contribution in [0.3, 0.4) is 0 Å². The number of hydrogen-bond donors (Lipinski definition) is 1. The molecule has 1 amide bonds. The van der Waals surface area contributed by atoms with Gasteiger partial charge in [-0.3, -0.25) is 4.99 Å². The molecular weight excluding hydrogens is 262 g/mol. The Morgan fingerprint density at radius 3 is 2.71 bits per heavy atom. The molecule has 0 aromatic rings. The Morgan fingerprint density at radius 1 is 1.59 bits per heavy atom. The van der Waals surface area contributed by atoms with Crippen LogP contribution in [0.1, 0.15) is 6.92 Å². The number of hydrogen-bond acceptors (Lipinski definition) is 6. The van der Waals surface area contributed by atoms with E-state index in [0.29, 0.717) is 13.2 Å². The van der Waals surface area contributed by atoms with Crippen LogP contribution in [0.15, 0.2) is 4.99 Å². The van der Waals surface area contributed by atoms with E-state index < -0.39 is 11.6 Å². The van der Waals surface area contributed by atoms with Gasteiger partial charge in [-0.1, -0.05) is 0 Å². The first kappa shape index (κ1) is 14.6. The Hall–Kier alpha value is -0.440. The molecule has 1 atom stereocenters. The third kappa shape index (κ3) is 4.74. The molecule has 0 aromatic heterocycles. The average Bonchev–Trinajstić information content (AvgIpc) is 2.34. The van der Waals surface area contributed by atoms with E-state index in [9.17, 15) is 9.90 Å². The normalized spacial score (nSPS) is 19.4. The summed E-state index contributed by atoms with van der Waals surface area (Å²) >= 11 is 2.59. The smallest absolute Gasteiger partial charge is 0.421 e. The maximum Gasteiger partial charge on any atom is 0.421 e. The van der Waals surface area contributed by atoms with Gasteiger partial charge in [0.1, 0.15) is 0 Å². The summed E-state index contributed by atoms with van der Waals surface area (Å²) in [4.78, 5) is 15.3. The Morgan fingerprint density at radius 2 is 2.24 bits per heavy atom. The molecule has 0 aromatic carbocycles. The number of nitrogens with zero attached hydrogens (tertiary/aromatic N) is 3. The lowest BCUT2D eigenvalue weighted by molar-refractivity contribution is 0.0755. The van der Waals surface area contributed by atoms with Gasteiger partial charge < -0.3 is 9.84 Å². The van der Waals surface area contributed by atoms with Crippen LogP contribution in [0.2, 0.25) is 0 Å². The zero-order valence-electron chi connectivity index (χ0n) is 9.90. The molecule has 1 unspecified atom stereocenters. The first-order chi connectivity index (χ1) is 8.19. The van der Waals surface area contributed by atoms with Crippen LogP contribution in [0.5, 0.6) is 0 Å². The fourth-order valence-corrected chi connectivity index (χ4v) is 2.93. The highest BCUT2D eigenvalue weighted by molar-refractivity contribution is 8.01. The number of thioether (sulfide) groups is 1. The highest BCUT2D eigenvalue weighted by Gasteiger charge is 2.26. The highest BCUT2D eigenvalue weighted by Crippen LogP contribution is 2.26. The maximum absolute atomic E-state index is 11.2. The van der Waals surface area contributed by atoms with Crippen molar-refractivity contribution in [2.45, 2.75) is 12.4 Å². The van der Waals surface area contributed by atoms with Gasteiger partial charge in [0, 0.05) is 25.2 Å². The van der Waals surface area contributed by atoms with Crippen molar-refractivity contribution in [2.75, 3.05) is 32.6 Å². The van der Waals surface area contributed by atoms with Crippen molar-refractivity contribution in [1.29, 1.82) is 0 Å². The first-order valence-corrected chi connectivity index (χ1v) is 7.24. The van der Waals surface area contributed by atoms with E-state index in [4.69, 9.17) is 4.74 Å². The third-order valence-electron chi connectivity index (χ3n) is 2.05. The van der Waals surface area contributed by atoms with Crippen LogP contribution in [0.25, 0.3) is 0 Å². The number of carboxylic acid groups (broad SMARTS) is 1. The molecule has 1 fully saturated rings. The zero-order valence-corrected chi connectivity index (χ0v) is 11.5. The number of morpholine rings is 1. The number of rotatable bonds is 5. The number of carbonyl (C=O) groups is 1. The molecule has 6 nitrogen and oxygen atoms in total. The van der Waals surface area contributed by atoms with Crippen molar-refractivity contribution in [1.82, 2.24) is 8.61 Å². The summed E-state index contributed by atoms with van der Waals surface area (Å²) in [6.45, 7) is 4.52. The van der Waals surface area contributed by atoms with Gasteiger partial charge in [0.25, 0.3) is 0 Å².